The summed E-state index contributed by atoms with van der Waals surface area (Å²) in [7, 11) is -2.37. The van der Waals surface area contributed by atoms with Crippen molar-refractivity contribution in [2.45, 2.75) is 42.7 Å². The zero-order valence-corrected chi connectivity index (χ0v) is 12.3. The Hall–Kier alpha value is -1.12. The molecule has 0 heterocycles. The smallest absolute Gasteiger partial charge is 0.243 e. The van der Waals surface area contributed by atoms with E-state index in [0.29, 0.717) is 24.9 Å². The topological polar surface area (TPSA) is 58.2 Å². The highest BCUT2D eigenvalue weighted by molar-refractivity contribution is 7.89. The predicted octanol–water partition coefficient (Wildman–Crippen LogP) is 1.91. The van der Waals surface area contributed by atoms with Crippen molar-refractivity contribution < 1.29 is 21.6 Å². The molecular formula is C13H17F3N2O2S. The van der Waals surface area contributed by atoms with Crippen LogP contribution in [0.15, 0.2) is 17.0 Å². The van der Waals surface area contributed by atoms with Gasteiger partial charge in [-0.3, -0.25) is 0 Å². The van der Waals surface area contributed by atoms with Crippen molar-refractivity contribution in [3.05, 3.63) is 29.6 Å². The quantitative estimate of drug-likeness (QED) is 0.833. The lowest BCUT2D eigenvalue weighted by Crippen LogP contribution is -2.41. The van der Waals surface area contributed by atoms with Gasteiger partial charge >= 0.3 is 0 Å². The van der Waals surface area contributed by atoms with Crippen LogP contribution in [0, 0.1) is 17.5 Å². The minimum atomic E-state index is -4.21. The summed E-state index contributed by atoms with van der Waals surface area (Å²) in [5, 5.41) is 3.11. The number of rotatable bonds is 4. The molecule has 21 heavy (non-hydrogen) atoms. The van der Waals surface area contributed by atoms with E-state index in [-0.39, 0.29) is 6.04 Å². The molecule has 1 aliphatic carbocycles. The molecule has 1 fully saturated rings. The lowest BCUT2D eigenvalue weighted by atomic mass is 9.92. The molecule has 2 rings (SSSR count). The number of nitrogens with one attached hydrogen (secondary N) is 2. The molecule has 0 aliphatic heterocycles. The van der Waals surface area contributed by atoms with Gasteiger partial charge in [0.15, 0.2) is 17.5 Å². The van der Waals surface area contributed by atoms with E-state index >= 15 is 0 Å². The average Bonchev–Trinajstić information content (AvgIpc) is 2.45. The summed E-state index contributed by atoms with van der Waals surface area (Å²) in [6.07, 6.45) is 2.81. The Kier molecular flexibility index (Phi) is 4.90. The van der Waals surface area contributed by atoms with Crippen LogP contribution >= 0.6 is 0 Å². The first-order valence-electron chi connectivity index (χ1n) is 6.68. The van der Waals surface area contributed by atoms with Crippen molar-refractivity contribution in [2.75, 3.05) is 7.05 Å². The van der Waals surface area contributed by atoms with Gasteiger partial charge in [-0.15, -0.1) is 0 Å². The molecule has 4 nitrogen and oxygen atoms in total. The van der Waals surface area contributed by atoms with Crippen LogP contribution in [0.1, 0.15) is 25.7 Å². The van der Waals surface area contributed by atoms with Gasteiger partial charge in [0.05, 0.1) is 0 Å². The zero-order valence-electron chi connectivity index (χ0n) is 11.5. The molecule has 2 N–H and O–H groups in total. The first kappa shape index (κ1) is 16.3. The molecule has 1 aromatic carbocycles. The van der Waals surface area contributed by atoms with Gasteiger partial charge in [0.1, 0.15) is 4.90 Å². The van der Waals surface area contributed by atoms with E-state index in [2.05, 4.69) is 10.0 Å². The molecule has 118 valence electrons. The second-order valence-electron chi connectivity index (χ2n) is 5.13. The molecule has 0 spiro atoms. The van der Waals surface area contributed by atoms with Crippen LogP contribution in [0.25, 0.3) is 0 Å². The maximum Gasteiger partial charge on any atom is 0.243 e. The van der Waals surface area contributed by atoms with E-state index in [1.54, 1.807) is 0 Å². The first-order chi connectivity index (χ1) is 9.85. The fourth-order valence-corrected chi connectivity index (χ4v) is 3.87. The van der Waals surface area contributed by atoms with Crippen molar-refractivity contribution in [3.63, 3.8) is 0 Å². The highest BCUT2D eigenvalue weighted by Gasteiger charge is 2.28. The Bertz CT molecular complexity index is 614. The molecular weight excluding hydrogens is 305 g/mol. The molecule has 0 unspecified atom stereocenters. The Morgan fingerprint density at radius 1 is 1.00 bits per heavy atom. The summed E-state index contributed by atoms with van der Waals surface area (Å²) in [5.41, 5.74) is 0. The molecule has 0 amide bonds. The summed E-state index contributed by atoms with van der Waals surface area (Å²) in [4.78, 5) is -0.864. The molecule has 0 atom stereocenters. The van der Waals surface area contributed by atoms with Crippen LogP contribution in [0.2, 0.25) is 0 Å². The second-order valence-corrected chi connectivity index (χ2v) is 6.81. The maximum atomic E-state index is 13.6. The van der Waals surface area contributed by atoms with Crippen LogP contribution < -0.4 is 10.0 Å². The Morgan fingerprint density at radius 2 is 1.57 bits per heavy atom. The fourth-order valence-electron chi connectivity index (χ4n) is 2.50. The zero-order chi connectivity index (χ0) is 15.6. The summed E-state index contributed by atoms with van der Waals surface area (Å²) in [6, 6.07) is 1.35. The molecule has 0 aromatic heterocycles. The third kappa shape index (κ3) is 3.56. The van der Waals surface area contributed by atoms with Gasteiger partial charge < -0.3 is 5.32 Å². The number of hydrogen-bond acceptors (Lipinski definition) is 3. The summed E-state index contributed by atoms with van der Waals surface area (Å²) in [5.74, 6) is -4.89. The largest absolute Gasteiger partial charge is 0.317 e. The third-order valence-electron chi connectivity index (χ3n) is 3.75. The predicted molar refractivity (Wildman–Crippen MR) is 71.7 cm³/mol. The van der Waals surface area contributed by atoms with E-state index < -0.39 is 32.4 Å². The Labute approximate surface area is 121 Å². The maximum absolute atomic E-state index is 13.6. The Balaban J connectivity index is 2.15. The van der Waals surface area contributed by atoms with Gasteiger partial charge in [0, 0.05) is 12.1 Å². The lowest BCUT2D eigenvalue weighted by Gasteiger charge is -2.28. The van der Waals surface area contributed by atoms with Crippen LogP contribution in [0.3, 0.4) is 0 Å². The molecule has 1 aliphatic rings. The highest BCUT2D eigenvalue weighted by atomic mass is 32.2. The monoisotopic (exact) mass is 322 g/mol. The fraction of sp³-hybridized carbons (Fsp3) is 0.538. The molecule has 1 aromatic rings. The van der Waals surface area contributed by atoms with E-state index in [0.717, 1.165) is 18.9 Å². The molecule has 0 bridgehead atoms. The lowest BCUT2D eigenvalue weighted by molar-refractivity contribution is 0.342. The number of hydrogen-bond donors (Lipinski definition) is 2. The van der Waals surface area contributed by atoms with Gasteiger partial charge in [-0.2, -0.15) is 0 Å². The molecule has 0 radical (unpaired) electrons. The van der Waals surface area contributed by atoms with E-state index in [9.17, 15) is 21.6 Å². The standard InChI is InChI=1S/C13H17F3N2O2S/c1-17-8-2-4-9(5-3-8)18-21(19,20)11-7-6-10(14)12(15)13(11)16/h6-9,17-18H,2-5H2,1H3. The van der Waals surface area contributed by atoms with Crippen molar-refractivity contribution in [2.24, 2.45) is 0 Å². The minimum Gasteiger partial charge on any atom is -0.317 e. The third-order valence-corrected chi connectivity index (χ3v) is 5.28. The Morgan fingerprint density at radius 3 is 2.14 bits per heavy atom. The summed E-state index contributed by atoms with van der Waals surface area (Å²) in [6.45, 7) is 0. The number of sulfonamides is 1. The van der Waals surface area contributed by atoms with Crippen molar-refractivity contribution in [3.8, 4) is 0 Å². The van der Waals surface area contributed by atoms with Crippen LogP contribution in [0.5, 0.6) is 0 Å². The van der Waals surface area contributed by atoms with Crippen molar-refractivity contribution in [1.82, 2.24) is 10.0 Å². The number of halogens is 3. The minimum absolute atomic E-state index is 0.327. The number of benzene rings is 1. The van der Waals surface area contributed by atoms with Crippen LogP contribution in [-0.4, -0.2) is 27.5 Å². The van der Waals surface area contributed by atoms with E-state index in [1.165, 1.54) is 0 Å². The normalized spacial score (nSPS) is 23.2. The van der Waals surface area contributed by atoms with Gasteiger partial charge in [-0.05, 0) is 44.9 Å². The SMILES string of the molecule is CNC1CCC(NS(=O)(=O)c2ccc(F)c(F)c2F)CC1. The van der Waals surface area contributed by atoms with Crippen LogP contribution in [-0.2, 0) is 10.0 Å². The van der Waals surface area contributed by atoms with Crippen molar-refractivity contribution >= 4 is 10.0 Å². The summed E-state index contributed by atoms with van der Waals surface area (Å²) >= 11 is 0. The van der Waals surface area contributed by atoms with E-state index in [4.69, 9.17) is 0 Å². The highest BCUT2D eigenvalue weighted by Crippen LogP contribution is 2.23. The first-order valence-corrected chi connectivity index (χ1v) is 8.16. The van der Waals surface area contributed by atoms with Gasteiger partial charge in [0.2, 0.25) is 10.0 Å². The van der Waals surface area contributed by atoms with E-state index in [1.807, 2.05) is 7.05 Å². The second kappa shape index (κ2) is 6.33. The van der Waals surface area contributed by atoms with Crippen molar-refractivity contribution in [1.29, 1.82) is 0 Å². The van der Waals surface area contributed by atoms with Crippen LogP contribution in [0.4, 0.5) is 13.2 Å². The van der Waals surface area contributed by atoms with Gasteiger partial charge in [-0.1, -0.05) is 0 Å². The summed E-state index contributed by atoms with van der Waals surface area (Å²) < 4.78 is 66.1. The average molecular weight is 322 g/mol. The molecule has 8 heteroatoms. The molecule has 1 saturated carbocycles. The molecule has 0 saturated heterocycles. The van der Waals surface area contributed by atoms with Gasteiger partial charge in [0.25, 0.3) is 0 Å². The van der Waals surface area contributed by atoms with Gasteiger partial charge in [-0.25, -0.2) is 26.3 Å².